The molecule has 0 aromatic heterocycles. The minimum Gasteiger partial charge on any atom is -0.480 e. The van der Waals surface area contributed by atoms with E-state index in [2.05, 4.69) is 33.2 Å². The van der Waals surface area contributed by atoms with E-state index in [-0.39, 0.29) is 24.3 Å². The second kappa shape index (κ2) is 13.1. The van der Waals surface area contributed by atoms with Gasteiger partial charge < -0.3 is 26.6 Å². The third kappa shape index (κ3) is 9.95. The van der Waals surface area contributed by atoms with Gasteiger partial charge in [-0.15, -0.1) is 0 Å². The number of amides is 3. The first-order chi connectivity index (χ1) is 14.5. The molecule has 1 rings (SSSR count). The van der Waals surface area contributed by atoms with Gasteiger partial charge in [0.1, 0.15) is 18.6 Å². The highest BCUT2D eigenvalue weighted by molar-refractivity contribution is 14.1. The number of carbonyl (C=O) groups excluding carboxylic acids is 3. The Morgan fingerprint density at radius 2 is 1.74 bits per heavy atom. The van der Waals surface area contributed by atoms with Crippen LogP contribution in [0.4, 0.5) is 10.5 Å². The first-order valence-electron chi connectivity index (χ1n) is 8.69. The Morgan fingerprint density at radius 1 is 1.13 bits per heavy atom. The maximum absolute atomic E-state index is 12.2. The monoisotopic (exact) mass is 568 g/mol. The molecule has 7 N–H and O–H groups in total. The van der Waals surface area contributed by atoms with E-state index < -0.39 is 47.6 Å². The van der Waals surface area contributed by atoms with Crippen LogP contribution in [0.25, 0.3) is 0 Å². The zero-order chi connectivity index (χ0) is 23.6. The lowest BCUT2D eigenvalue weighted by molar-refractivity contribution is -0.139. The lowest BCUT2D eigenvalue weighted by atomic mass is 10.1. The summed E-state index contributed by atoms with van der Waals surface area (Å²) in [6, 6.07) is 3.77. The lowest BCUT2D eigenvalue weighted by Crippen LogP contribution is -2.50. The van der Waals surface area contributed by atoms with Crippen LogP contribution >= 0.6 is 34.4 Å². The highest BCUT2D eigenvalue weighted by atomic mass is 127. The van der Waals surface area contributed by atoms with Crippen molar-refractivity contribution in [2.45, 2.75) is 24.9 Å². The van der Waals surface area contributed by atoms with Gasteiger partial charge >= 0.3 is 17.2 Å². The Hall–Kier alpha value is -2.43. The van der Waals surface area contributed by atoms with Gasteiger partial charge in [-0.05, 0) is 53.3 Å². The van der Waals surface area contributed by atoms with Gasteiger partial charge in [-0.2, -0.15) is 5.06 Å². The van der Waals surface area contributed by atoms with Crippen molar-refractivity contribution in [3.05, 3.63) is 27.8 Å². The number of thioether (sulfide) groups is 1. The number of carboxylic acids is 2. The van der Waals surface area contributed by atoms with Crippen LogP contribution in [0.1, 0.15) is 12.8 Å². The molecule has 14 heteroatoms. The first kappa shape index (κ1) is 26.6. The lowest BCUT2D eigenvalue weighted by Gasteiger charge is -2.19. The highest BCUT2D eigenvalue weighted by Gasteiger charge is 2.25. The molecule has 0 saturated carbocycles. The van der Waals surface area contributed by atoms with E-state index in [0.29, 0.717) is 16.8 Å². The number of nitrogens with one attached hydrogen (secondary N) is 2. The van der Waals surface area contributed by atoms with Crippen LogP contribution in [0.15, 0.2) is 24.3 Å². The zero-order valence-electron chi connectivity index (χ0n) is 16.0. The fourth-order valence-electron chi connectivity index (χ4n) is 2.05. The predicted molar refractivity (Wildman–Crippen MR) is 119 cm³/mol. The Labute approximate surface area is 194 Å². The quantitative estimate of drug-likeness (QED) is 0.122. The predicted octanol–water partition coefficient (Wildman–Crippen LogP) is 0.218. The smallest absolute Gasteiger partial charge is 0.322 e. The summed E-state index contributed by atoms with van der Waals surface area (Å²) < 4.78 is 0.885. The summed E-state index contributed by atoms with van der Waals surface area (Å²) in [7, 11) is 0. The molecule has 0 aliphatic carbocycles. The largest absolute Gasteiger partial charge is 0.480 e. The molecular weight excluding hydrogens is 547 g/mol. The summed E-state index contributed by atoms with van der Waals surface area (Å²) in [5.74, 6) is -4.49. The Morgan fingerprint density at radius 3 is 2.29 bits per heavy atom. The molecule has 1 aromatic rings. The van der Waals surface area contributed by atoms with Crippen LogP contribution in [0.5, 0.6) is 0 Å². The summed E-state index contributed by atoms with van der Waals surface area (Å²) >= 11 is 2.57. The minimum atomic E-state index is -1.31. The van der Waals surface area contributed by atoms with Gasteiger partial charge in [-0.25, -0.2) is 0 Å². The van der Waals surface area contributed by atoms with Crippen molar-refractivity contribution in [1.29, 1.82) is 0 Å². The number of aliphatic carboxylic acids is 2. The molecule has 0 radical (unpaired) electrons. The summed E-state index contributed by atoms with van der Waals surface area (Å²) in [5.41, 5.74) is 5.52. The van der Waals surface area contributed by atoms with Gasteiger partial charge in [0.25, 0.3) is 0 Å². The number of nitrogens with zero attached hydrogens (tertiary/aromatic N) is 1. The molecule has 0 bridgehead atoms. The van der Waals surface area contributed by atoms with Crippen LogP contribution in [0.2, 0.25) is 0 Å². The second-order valence-electron chi connectivity index (χ2n) is 6.08. The molecule has 0 saturated heterocycles. The van der Waals surface area contributed by atoms with Gasteiger partial charge in [0.05, 0.1) is 5.69 Å². The van der Waals surface area contributed by atoms with Crippen molar-refractivity contribution < 1.29 is 39.4 Å². The molecule has 2 unspecified atom stereocenters. The van der Waals surface area contributed by atoms with Crippen LogP contribution in [-0.2, 0) is 19.2 Å². The van der Waals surface area contributed by atoms with Gasteiger partial charge in [-0.1, -0.05) is 11.8 Å². The number of nitrogens with two attached hydrogens (primary N) is 1. The second-order valence-corrected chi connectivity index (χ2v) is 8.30. The molecule has 0 fully saturated rings. The van der Waals surface area contributed by atoms with Crippen LogP contribution in [-0.4, -0.2) is 68.8 Å². The summed E-state index contributed by atoms with van der Waals surface area (Å²) in [4.78, 5) is 57.8. The summed E-state index contributed by atoms with van der Waals surface area (Å²) in [6.45, 7) is -0.706. The van der Waals surface area contributed by atoms with Crippen molar-refractivity contribution >= 4 is 69.0 Å². The Kier molecular flexibility index (Phi) is 11.2. The number of halogens is 1. The van der Waals surface area contributed by atoms with Crippen molar-refractivity contribution in [1.82, 2.24) is 10.6 Å². The van der Waals surface area contributed by atoms with Crippen molar-refractivity contribution in [3.8, 4) is 0 Å². The third-order valence-electron chi connectivity index (χ3n) is 3.68. The fraction of sp³-hybridized carbons (Fsp3) is 0.353. The van der Waals surface area contributed by atoms with Gasteiger partial charge in [0.2, 0.25) is 11.8 Å². The molecule has 3 amide bonds. The molecule has 1 aromatic carbocycles. The normalized spacial score (nSPS) is 12.4. The summed E-state index contributed by atoms with van der Waals surface area (Å²) in [5, 5.41) is 31.4. The maximum atomic E-state index is 12.2. The van der Waals surface area contributed by atoms with E-state index in [4.69, 9.17) is 15.9 Å². The number of anilines is 1. The van der Waals surface area contributed by atoms with E-state index in [1.54, 1.807) is 12.1 Å². The molecule has 0 spiro atoms. The summed E-state index contributed by atoms with van der Waals surface area (Å²) in [6.07, 6.45) is -0.489. The number of hydroxylamine groups is 1. The fourth-order valence-corrected chi connectivity index (χ4v) is 3.18. The Bertz CT molecular complexity index is 823. The van der Waals surface area contributed by atoms with Crippen molar-refractivity contribution in [2.75, 3.05) is 17.4 Å². The maximum Gasteiger partial charge on any atom is 0.322 e. The van der Waals surface area contributed by atoms with E-state index in [1.807, 2.05) is 0 Å². The molecule has 0 aliphatic rings. The topological polar surface area (TPSA) is 199 Å². The van der Waals surface area contributed by atoms with Gasteiger partial charge in [-0.3, -0.25) is 29.2 Å². The number of hydrogen-bond donors (Lipinski definition) is 6. The number of carboxylic acid groups (broad SMARTS) is 2. The first-order valence-corrected chi connectivity index (χ1v) is 10.8. The molecule has 12 nitrogen and oxygen atoms in total. The third-order valence-corrected chi connectivity index (χ3v) is 5.32. The SMILES string of the molecule is NC(CCC(=O)NC(CSC(=O)N(O)c1ccc(I)cc1)C(=O)NCC(=O)O)C(=O)O. The van der Waals surface area contributed by atoms with Crippen molar-refractivity contribution in [2.24, 2.45) is 5.73 Å². The van der Waals surface area contributed by atoms with Crippen LogP contribution in [0, 0.1) is 3.57 Å². The Balaban J connectivity index is 2.74. The average molecular weight is 568 g/mol. The average Bonchev–Trinajstić information content (AvgIpc) is 2.72. The van der Waals surface area contributed by atoms with E-state index in [9.17, 15) is 29.2 Å². The standard InChI is InChI=1S/C17H21IN4O8S/c18-9-1-3-10(4-2-9)22(30)17(29)31-8-12(15(26)20-7-14(24)25)21-13(23)6-5-11(19)16(27)28/h1-4,11-12,30H,5-8,19H2,(H,20,26)(H,21,23)(H,24,25)(H,27,28). The van der Waals surface area contributed by atoms with Crippen LogP contribution < -0.4 is 21.4 Å². The minimum absolute atomic E-state index is 0.187. The van der Waals surface area contributed by atoms with E-state index >= 15 is 0 Å². The number of hydrogen-bond acceptors (Lipinski definition) is 8. The molecule has 31 heavy (non-hydrogen) atoms. The van der Waals surface area contributed by atoms with Crippen molar-refractivity contribution in [3.63, 3.8) is 0 Å². The van der Waals surface area contributed by atoms with Gasteiger partial charge in [0, 0.05) is 15.7 Å². The molecule has 0 heterocycles. The molecular formula is C17H21IN4O8S. The van der Waals surface area contributed by atoms with E-state index in [1.165, 1.54) is 12.1 Å². The number of rotatable bonds is 11. The number of benzene rings is 1. The zero-order valence-corrected chi connectivity index (χ0v) is 19.0. The van der Waals surface area contributed by atoms with E-state index in [0.717, 1.165) is 3.57 Å². The molecule has 0 aliphatic heterocycles. The molecule has 170 valence electrons. The molecule has 2 atom stereocenters. The highest BCUT2D eigenvalue weighted by Crippen LogP contribution is 2.19. The van der Waals surface area contributed by atoms with Crippen LogP contribution in [0.3, 0.4) is 0 Å². The number of carbonyl (C=O) groups is 5. The van der Waals surface area contributed by atoms with Gasteiger partial charge in [0.15, 0.2) is 0 Å².